The second kappa shape index (κ2) is 5.83. The summed E-state index contributed by atoms with van der Waals surface area (Å²) in [6.45, 7) is 0.747. The maximum Gasteiger partial charge on any atom is 0.251 e. The summed E-state index contributed by atoms with van der Waals surface area (Å²) in [6.07, 6.45) is 6.32. The van der Waals surface area contributed by atoms with Gasteiger partial charge in [0.15, 0.2) is 0 Å². The number of amides is 1. The largest absolute Gasteiger partial charge is 0.368 e. The van der Waals surface area contributed by atoms with Gasteiger partial charge in [-0.2, -0.15) is 0 Å². The number of likely N-dealkylation sites (N-methyl/N-ethyl adjacent to an activating group) is 1. The smallest absolute Gasteiger partial charge is 0.251 e. The number of ether oxygens (including phenoxy) is 1. The Labute approximate surface area is 104 Å². The summed E-state index contributed by atoms with van der Waals surface area (Å²) in [7, 11) is 3.96. The second-order valence-electron chi connectivity index (χ2n) is 5.24. The average Bonchev–Trinajstić information content (AvgIpc) is 2.91. The lowest BCUT2D eigenvalue weighted by Crippen LogP contribution is -2.46. The Kier molecular flexibility index (Phi) is 4.40. The van der Waals surface area contributed by atoms with Gasteiger partial charge in [-0.15, -0.1) is 0 Å². The average molecular weight is 240 g/mol. The molecular weight excluding hydrogens is 216 g/mol. The molecule has 1 atom stereocenters. The van der Waals surface area contributed by atoms with Crippen LogP contribution in [-0.4, -0.2) is 49.7 Å². The summed E-state index contributed by atoms with van der Waals surface area (Å²) in [5, 5.41) is 3.32. The van der Waals surface area contributed by atoms with Gasteiger partial charge in [0, 0.05) is 25.7 Å². The number of hydrogen-bond acceptors (Lipinski definition) is 3. The molecule has 1 aliphatic heterocycles. The Morgan fingerprint density at radius 3 is 2.47 bits per heavy atom. The van der Waals surface area contributed by atoms with E-state index >= 15 is 0 Å². The third-order valence-corrected chi connectivity index (χ3v) is 4.21. The van der Waals surface area contributed by atoms with Gasteiger partial charge in [-0.05, 0) is 45.6 Å². The number of carbonyl (C=O) groups is 1. The van der Waals surface area contributed by atoms with E-state index < -0.39 is 0 Å². The van der Waals surface area contributed by atoms with Gasteiger partial charge in [0.05, 0.1) is 0 Å². The van der Waals surface area contributed by atoms with Crippen LogP contribution in [0.15, 0.2) is 0 Å². The lowest BCUT2D eigenvalue weighted by atomic mass is 9.90. The van der Waals surface area contributed by atoms with Gasteiger partial charge in [0.2, 0.25) is 0 Å². The predicted molar refractivity (Wildman–Crippen MR) is 66.8 cm³/mol. The van der Waals surface area contributed by atoms with Gasteiger partial charge in [-0.25, -0.2) is 0 Å². The van der Waals surface area contributed by atoms with Crippen LogP contribution >= 0.6 is 0 Å². The molecule has 1 amide bonds. The Hall–Kier alpha value is -0.610. The zero-order valence-corrected chi connectivity index (χ0v) is 10.9. The Morgan fingerprint density at radius 1 is 1.24 bits per heavy atom. The maximum absolute atomic E-state index is 12.2. The topological polar surface area (TPSA) is 41.6 Å². The predicted octanol–water partition coefficient (Wildman–Crippen LogP) is 1.15. The highest BCUT2D eigenvalue weighted by molar-refractivity contribution is 5.81. The van der Waals surface area contributed by atoms with Crippen molar-refractivity contribution in [2.24, 2.45) is 0 Å². The number of carbonyl (C=O) groups excluding carboxylic acids is 1. The van der Waals surface area contributed by atoms with Gasteiger partial charge < -0.3 is 15.0 Å². The molecular formula is C13H24N2O2. The SMILES string of the molecule is CNC1CCC(N(C)C(=O)C2CCCO2)CC1. The van der Waals surface area contributed by atoms with Crippen molar-refractivity contribution in [2.45, 2.75) is 56.7 Å². The highest BCUT2D eigenvalue weighted by Crippen LogP contribution is 2.24. The van der Waals surface area contributed by atoms with Crippen LogP contribution in [0.4, 0.5) is 0 Å². The fourth-order valence-corrected chi connectivity index (χ4v) is 2.93. The molecule has 1 saturated heterocycles. The van der Waals surface area contributed by atoms with Crippen molar-refractivity contribution in [1.82, 2.24) is 10.2 Å². The summed E-state index contributed by atoms with van der Waals surface area (Å²) in [5.41, 5.74) is 0. The van der Waals surface area contributed by atoms with Crippen molar-refractivity contribution >= 4 is 5.91 Å². The van der Waals surface area contributed by atoms with Crippen molar-refractivity contribution in [2.75, 3.05) is 20.7 Å². The molecule has 1 aliphatic carbocycles. The summed E-state index contributed by atoms with van der Waals surface area (Å²) in [5.74, 6) is 0.190. The summed E-state index contributed by atoms with van der Waals surface area (Å²) >= 11 is 0. The first kappa shape index (κ1) is 12.8. The second-order valence-corrected chi connectivity index (χ2v) is 5.24. The highest BCUT2D eigenvalue weighted by Gasteiger charge is 2.31. The fourth-order valence-electron chi connectivity index (χ4n) is 2.93. The molecule has 2 rings (SSSR count). The molecule has 2 aliphatic rings. The van der Waals surface area contributed by atoms with Crippen LogP contribution in [0.5, 0.6) is 0 Å². The van der Waals surface area contributed by atoms with E-state index in [1.165, 1.54) is 12.8 Å². The molecule has 0 bridgehead atoms. The lowest BCUT2D eigenvalue weighted by Gasteiger charge is -2.35. The van der Waals surface area contributed by atoms with Crippen LogP contribution in [0, 0.1) is 0 Å². The van der Waals surface area contributed by atoms with Gasteiger partial charge in [-0.3, -0.25) is 4.79 Å². The van der Waals surface area contributed by atoms with E-state index in [1.807, 2.05) is 19.0 Å². The third-order valence-electron chi connectivity index (χ3n) is 4.21. The summed E-state index contributed by atoms with van der Waals surface area (Å²) < 4.78 is 5.47. The van der Waals surface area contributed by atoms with Crippen LogP contribution in [0.3, 0.4) is 0 Å². The van der Waals surface area contributed by atoms with Crippen LogP contribution < -0.4 is 5.32 Å². The number of nitrogens with one attached hydrogen (secondary N) is 1. The van der Waals surface area contributed by atoms with E-state index in [-0.39, 0.29) is 12.0 Å². The van der Waals surface area contributed by atoms with Crippen molar-refractivity contribution in [3.05, 3.63) is 0 Å². The first-order valence-electron chi connectivity index (χ1n) is 6.78. The number of hydrogen-bond donors (Lipinski definition) is 1. The van der Waals surface area contributed by atoms with Crippen molar-refractivity contribution in [1.29, 1.82) is 0 Å². The fraction of sp³-hybridized carbons (Fsp3) is 0.923. The monoisotopic (exact) mass is 240 g/mol. The van der Waals surface area contributed by atoms with Crippen LogP contribution in [0.2, 0.25) is 0 Å². The molecule has 1 N–H and O–H groups in total. The van der Waals surface area contributed by atoms with E-state index in [4.69, 9.17) is 4.74 Å². The van der Waals surface area contributed by atoms with Gasteiger partial charge in [0.1, 0.15) is 6.10 Å². The van der Waals surface area contributed by atoms with Crippen molar-refractivity contribution in [3.8, 4) is 0 Å². The standard InChI is InChI=1S/C13H24N2O2/c1-14-10-5-7-11(8-6-10)15(2)13(16)12-4-3-9-17-12/h10-12,14H,3-9H2,1-2H3. The van der Waals surface area contributed by atoms with Crippen molar-refractivity contribution < 1.29 is 9.53 Å². The van der Waals surface area contributed by atoms with Gasteiger partial charge >= 0.3 is 0 Å². The van der Waals surface area contributed by atoms with E-state index in [1.54, 1.807) is 0 Å². The molecule has 0 spiro atoms. The maximum atomic E-state index is 12.2. The van der Waals surface area contributed by atoms with E-state index in [2.05, 4.69) is 5.32 Å². The lowest BCUT2D eigenvalue weighted by molar-refractivity contribution is -0.142. The van der Waals surface area contributed by atoms with E-state index in [0.717, 1.165) is 32.3 Å². The van der Waals surface area contributed by atoms with Crippen molar-refractivity contribution in [3.63, 3.8) is 0 Å². The molecule has 0 aromatic heterocycles. The zero-order valence-electron chi connectivity index (χ0n) is 10.9. The molecule has 0 aromatic rings. The molecule has 4 heteroatoms. The van der Waals surface area contributed by atoms with Crippen LogP contribution in [0.1, 0.15) is 38.5 Å². The minimum Gasteiger partial charge on any atom is -0.368 e. The van der Waals surface area contributed by atoms with Crippen LogP contribution in [-0.2, 0) is 9.53 Å². The third kappa shape index (κ3) is 2.99. The quantitative estimate of drug-likeness (QED) is 0.804. The van der Waals surface area contributed by atoms with Crippen LogP contribution in [0.25, 0.3) is 0 Å². The number of rotatable bonds is 3. The summed E-state index contributed by atoms with van der Waals surface area (Å²) in [4.78, 5) is 14.1. The van der Waals surface area contributed by atoms with E-state index in [0.29, 0.717) is 12.1 Å². The molecule has 1 saturated carbocycles. The zero-order chi connectivity index (χ0) is 12.3. The first-order chi connectivity index (χ1) is 8.22. The molecule has 4 nitrogen and oxygen atoms in total. The van der Waals surface area contributed by atoms with Gasteiger partial charge in [-0.1, -0.05) is 0 Å². The molecule has 2 fully saturated rings. The molecule has 98 valence electrons. The van der Waals surface area contributed by atoms with E-state index in [9.17, 15) is 4.79 Å². The normalized spacial score (nSPS) is 33.6. The minimum absolute atomic E-state index is 0.165. The molecule has 1 heterocycles. The molecule has 1 unspecified atom stereocenters. The minimum atomic E-state index is -0.165. The Morgan fingerprint density at radius 2 is 1.94 bits per heavy atom. The van der Waals surface area contributed by atoms with Gasteiger partial charge in [0.25, 0.3) is 5.91 Å². The first-order valence-corrected chi connectivity index (χ1v) is 6.78. The molecule has 0 radical (unpaired) electrons. The highest BCUT2D eigenvalue weighted by atomic mass is 16.5. The molecule has 17 heavy (non-hydrogen) atoms. The number of nitrogens with zero attached hydrogens (tertiary/aromatic N) is 1. The Balaban J connectivity index is 1.83. The Bertz CT molecular complexity index is 256. The molecule has 0 aromatic carbocycles. The summed E-state index contributed by atoms with van der Waals surface area (Å²) in [6, 6.07) is 1.05.